The molecule has 1 aromatic heterocycles. The maximum absolute atomic E-state index is 12.0. The first-order valence-electron chi connectivity index (χ1n) is 9.94. The number of carbonyl (C=O) groups is 1. The monoisotopic (exact) mass is 384 g/mol. The molecule has 0 bridgehead atoms. The number of thiophene rings is 1. The van der Waals surface area contributed by atoms with Gasteiger partial charge >= 0.3 is 0 Å². The predicted octanol–water partition coefficient (Wildman–Crippen LogP) is 3.91. The van der Waals surface area contributed by atoms with Gasteiger partial charge < -0.3 is 10.1 Å². The molecule has 2 aliphatic rings. The van der Waals surface area contributed by atoms with Crippen molar-refractivity contribution in [2.45, 2.75) is 45.7 Å². The molecular weight excluding hydrogens is 356 g/mol. The first-order valence-corrected chi connectivity index (χ1v) is 10.8. The highest BCUT2D eigenvalue weighted by Gasteiger charge is 2.21. The van der Waals surface area contributed by atoms with E-state index in [1.54, 1.807) is 0 Å². The number of amides is 1. The summed E-state index contributed by atoms with van der Waals surface area (Å²) in [5, 5.41) is 5.22. The molecule has 1 fully saturated rings. The van der Waals surface area contributed by atoms with E-state index >= 15 is 0 Å². The lowest BCUT2D eigenvalue weighted by Gasteiger charge is -2.19. The number of carbonyl (C=O) groups excluding carboxylic acids is 1. The van der Waals surface area contributed by atoms with E-state index in [4.69, 9.17) is 4.74 Å². The van der Waals surface area contributed by atoms with Crippen molar-refractivity contribution in [2.75, 3.05) is 19.7 Å². The van der Waals surface area contributed by atoms with Crippen molar-refractivity contribution in [2.24, 2.45) is 5.92 Å². The predicted molar refractivity (Wildman–Crippen MR) is 109 cm³/mol. The summed E-state index contributed by atoms with van der Waals surface area (Å²) in [6.45, 7) is 6.56. The molecule has 144 valence electrons. The zero-order chi connectivity index (χ0) is 18.6. The van der Waals surface area contributed by atoms with Crippen molar-refractivity contribution in [3.63, 3.8) is 0 Å². The molecule has 1 aliphatic carbocycles. The van der Waals surface area contributed by atoms with Gasteiger partial charge in [0.25, 0.3) is 0 Å². The molecule has 27 heavy (non-hydrogen) atoms. The van der Waals surface area contributed by atoms with Crippen LogP contribution in [0.15, 0.2) is 29.6 Å². The third-order valence-electron chi connectivity index (χ3n) is 5.44. The lowest BCUT2D eigenvalue weighted by atomic mass is 10.0. The molecule has 1 saturated carbocycles. The fourth-order valence-corrected chi connectivity index (χ4v) is 4.44. The highest BCUT2D eigenvalue weighted by atomic mass is 32.1. The minimum absolute atomic E-state index is 0.169. The number of nitrogens with zero attached hydrogens (tertiary/aromatic N) is 1. The Bertz CT molecular complexity index is 797. The van der Waals surface area contributed by atoms with Crippen molar-refractivity contribution in [3.05, 3.63) is 51.2 Å². The lowest BCUT2D eigenvalue weighted by Crippen LogP contribution is -2.25. The van der Waals surface area contributed by atoms with E-state index in [9.17, 15) is 4.79 Å². The van der Waals surface area contributed by atoms with Gasteiger partial charge in [-0.1, -0.05) is 12.1 Å². The summed E-state index contributed by atoms with van der Waals surface area (Å²) < 4.78 is 5.96. The van der Waals surface area contributed by atoms with Gasteiger partial charge in [0.1, 0.15) is 12.4 Å². The average molecular weight is 385 g/mol. The summed E-state index contributed by atoms with van der Waals surface area (Å²) in [6, 6.07) is 8.59. The summed E-state index contributed by atoms with van der Waals surface area (Å²) in [5.74, 6) is 1.89. The molecule has 1 aliphatic heterocycles. The van der Waals surface area contributed by atoms with Crippen LogP contribution in [0, 0.1) is 12.8 Å². The minimum Gasteiger partial charge on any atom is -0.492 e. The smallest absolute Gasteiger partial charge is 0.220 e. The Morgan fingerprint density at radius 2 is 2.22 bits per heavy atom. The van der Waals surface area contributed by atoms with Crippen molar-refractivity contribution in [1.82, 2.24) is 10.2 Å². The van der Waals surface area contributed by atoms with Gasteiger partial charge in [-0.15, -0.1) is 11.3 Å². The Labute approximate surface area is 165 Å². The van der Waals surface area contributed by atoms with Crippen molar-refractivity contribution < 1.29 is 9.53 Å². The maximum atomic E-state index is 12.0. The first-order chi connectivity index (χ1) is 13.2. The minimum atomic E-state index is 0.169. The van der Waals surface area contributed by atoms with Gasteiger partial charge in [-0.3, -0.25) is 9.69 Å². The zero-order valence-corrected chi connectivity index (χ0v) is 16.8. The molecule has 4 rings (SSSR count). The van der Waals surface area contributed by atoms with Crippen molar-refractivity contribution in [1.29, 1.82) is 0 Å². The van der Waals surface area contributed by atoms with Crippen LogP contribution in [0.1, 0.15) is 40.8 Å². The van der Waals surface area contributed by atoms with E-state index in [0.29, 0.717) is 6.42 Å². The van der Waals surface area contributed by atoms with Crippen molar-refractivity contribution >= 4 is 17.2 Å². The highest BCUT2D eigenvalue weighted by molar-refractivity contribution is 7.10. The fourth-order valence-electron chi connectivity index (χ4n) is 3.49. The van der Waals surface area contributed by atoms with Gasteiger partial charge in [0, 0.05) is 43.0 Å². The number of aryl methyl sites for hydroxylation is 2. The topological polar surface area (TPSA) is 41.6 Å². The Kier molecular flexibility index (Phi) is 5.79. The largest absolute Gasteiger partial charge is 0.492 e. The second-order valence-electron chi connectivity index (χ2n) is 7.78. The second-order valence-corrected chi connectivity index (χ2v) is 8.78. The molecule has 5 heteroatoms. The van der Waals surface area contributed by atoms with Gasteiger partial charge in [0.2, 0.25) is 5.91 Å². The number of ether oxygens (including phenoxy) is 1. The van der Waals surface area contributed by atoms with Gasteiger partial charge in [-0.2, -0.15) is 0 Å². The van der Waals surface area contributed by atoms with Crippen LogP contribution in [-0.4, -0.2) is 30.5 Å². The first kappa shape index (κ1) is 18.5. The molecule has 2 heterocycles. The number of hydrogen-bond donors (Lipinski definition) is 1. The summed E-state index contributed by atoms with van der Waals surface area (Å²) in [4.78, 5) is 15.9. The molecule has 0 spiro atoms. The molecular formula is C22H28N2O2S. The normalized spacial score (nSPS) is 17.1. The van der Waals surface area contributed by atoms with E-state index in [1.807, 2.05) is 11.3 Å². The fraction of sp³-hybridized carbons (Fsp3) is 0.500. The van der Waals surface area contributed by atoms with E-state index in [1.165, 1.54) is 34.4 Å². The second kappa shape index (κ2) is 8.44. The van der Waals surface area contributed by atoms with E-state index in [0.717, 1.165) is 50.9 Å². The van der Waals surface area contributed by atoms with E-state index in [-0.39, 0.29) is 5.91 Å². The van der Waals surface area contributed by atoms with Gasteiger partial charge in [0.05, 0.1) is 0 Å². The number of rotatable bonds is 7. The number of hydrogen-bond acceptors (Lipinski definition) is 4. The summed E-state index contributed by atoms with van der Waals surface area (Å²) in [7, 11) is 0. The molecule has 1 amide bonds. The quantitative estimate of drug-likeness (QED) is 0.787. The van der Waals surface area contributed by atoms with E-state index in [2.05, 4.69) is 46.8 Å². The van der Waals surface area contributed by atoms with Crippen LogP contribution in [0.4, 0.5) is 0 Å². The third kappa shape index (κ3) is 5.11. The number of fused-ring (bicyclic) bond motifs is 1. The van der Waals surface area contributed by atoms with Crippen LogP contribution in [0.25, 0.3) is 0 Å². The summed E-state index contributed by atoms with van der Waals surface area (Å²) in [6.07, 6.45) is 3.89. The Hall–Kier alpha value is -1.85. The van der Waals surface area contributed by atoms with Crippen LogP contribution >= 0.6 is 11.3 Å². The number of benzene rings is 1. The average Bonchev–Trinajstić information content (AvgIpc) is 3.44. The maximum Gasteiger partial charge on any atom is 0.220 e. The molecule has 0 atom stereocenters. The van der Waals surface area contributed by atoms with Gasteiger partial charge in [-0.25, -0.2) is 0 Å². The molecule has 1 aromatic carbocycles. The van der Waals surface area contributed by atoms with Crippen LogP contribution in [0.3, 0.4) is 0 Å². The Morgan fingerprint density at radius 3 is 3.00 bits per heavy atom. The SMILES string of the molecule is Cc1ccsc1CN1CCOc2ccc(CCC(=O)NCC3CC3)cc2C1. The summed E-state index contributed by atoms with van der Waals surface area (Å²) in [5.41, 5.74) is 3.82. The molecule has 4 nitrogen and oxygen atoms in total. The van der Waals surface area contributed by atoms with Crippen LogP contribution < -0.4 is 10.1 Å². The Morgan fingerprint density at radius 1 is 1.33 bits per heavy atom. The number of nitrogens with one attached hydrogen (secondary N) is 1. The standard InChI is InChI=1S/C22H28N2O2S/c1-16-8-11-27-21(16)15-24-9-10-26-20-6-4-17(12-19(20)14-24)5-7-22(25)23-13-18-2-3-18/h4,6,8,11-12,18H,2-3,5,7,9-10,13-15H2,1H3,(H,23,25). The van der Waals surface area contributed by atoms with Gasteiger partial charge in [-0.05, 0) is 60.7 Å². The lowest BCUT2D eigenvalue weighted by molar-refractivity contribution is -0.121. The van der Waals surface area contributed by atoms with Gasteiger partial charge in [0.15, 0.2) is 0 Å². The summed E-state index contributed by atoms with van der Waals surface area (Å²) >= 11 is 1.83. The van der Waals surface area contributed by atoms with E-state index < -0.39 is 0 Å². The Balaban J connectivity index is 1.36. The molecule has 1 N–H and O–H groups in total. The molecule has 0 saturated heterocycles. The molecule has 0 unspecified atom stereocenters. The van der Waals surface area contributed by atoms with Crippen LogP contribution in [-0.2, 0) is 24.3 Å². The van der Waals surface area contributed by atoms with Crippen molar-refractivity contribution in [3.8, 4) is 5.75 Å². The molecule has 2 aromatic rings. The zero-order valence-electron chi connectivity index (χ0n) is 16.0. The molecule has 0 radical (unpaired) electrons. The highest BCUT2D eigenvalue weighted by Crippen LogP contribution is 2.28. The van der Waals surface area contributed by atoms with Crippen LogP contribution in [0.2, 0.25) is 0 Å². The third-order valence-corrected chi connectivity index (χ3v) is 6.45. The van der Waals surface area contributed by atoms with Crippen LogP contribution in [0.5, 0.6) is 5.75 Å².